The predicted octanol–water partition coefficient (Wildman–Crippen LogP) is 7.29. The maximum absolute atomic E-state index is 13.1. The Labute approximate surface area is 258 Å². The van der Waals surface area contributed by atoms with Crippen LogP contribution in [0, 0.1) is 0 Å². The summed E-state index contributed by atoms with van der Waals surface area (Å²) >= 11 is 0. The summed E-state index contributed by atoms with van der Waals surface area (Å²) < 4.78 is 11.7. The van der Waals surface area contributed by atoms with Crippen molar-refractivity contribution in [3.63, 3.8) is 0 Å². The first-order valence-electron chi connectivity index (χ1n) is 16.0. The van der Waals surface area contributed by atoms with Crippen molar-refractivity contribution in [1.82, 2.24) is 20.1 Å². The molecular formula is C36H40N4O4. The molecule has 0 bridgehead atoms. The zero-order chi connectivity index (χ0) is 29.9. The number of hydrogen-bond acceptors (Lipinski definition) is 7. The number of fused-ring (bicyclic) bond motifs is 3. The molecule has 0 atom stereocenters. The quantitative estimate of drug-likeness (QED) is 0.199. The minimum absolute atomic E-state index is 0.0676. The van der Waals surface area contributed by atoms with Crippen LogP contribution >= 0.6 is 0 Å². The Morgan fingerprint density at radius 2 is 1.48 bits per heavy atom. The van der Waals surface area contributed by atoms with Crippen LogP contribution < -0.4 is 0 Å². The molecule has 4 aromatic rings. The summed E-state index contributed by atoms with van der Waals surface area (Å²) in [5, 5.41) is 6.41. The van der Waals surface area contributed by atoms with Gasteiger partial charge in [0.2, 0.25) is 5.89 Å². The number of carbonyl (C=O) groups is 1. The van der Waals surface area contributed by atoms with Crippen LogP contribution in [0.4, 0.5) is 4.79 Å². The number of ether oxygens (including phenoxy) is 1. The van der Waals surface area contributed by atoms with Crippen molar-refractivity contribution < 1.29 is 18.9 Å². The van der Waals surface area contributed by atoms with Crippen molar-refractivity contribution in [1.29, 1.82) is 0 Å². The highest BCUT2D eigenvalue weighted by Gasteiger charge is 2.33. The number of piperidine rings is 1. The fraction of sp³-hybridized carbons (Fsp3) is 0.417. The summed E-state index contributed by atoms with van der Waals surface area (Å²) in [6, 6.07) is 27.5. The third kappa shape index (κ3) is 6.01. The molecule has 8 nitrogen and oxygen atoms in total. The van der Waals surface area contributed by atoms with Crippen LogP contribution in [0.25, 0.3) is 11.1 Å². The molecule has 7 rings (SSSR count). The number of aromatic nitrogens is 2. The molecule has 2 heterocycles. The van der Waals surface area contributed by atoms with Gasteiger partial charge in [0.25, 0.3) is 0 Å². The normalized spacial score (nSPS) is 20.5. The molecule has 0 unspecified atom stereocenters. The van der Waals surface area contributed by atoms with Crippen LogP contribution in [0.15, 0.2) is 83.4 Å². The van der Waals surface area contributed by atoms with E-state index in [1.54, 1.807) is 0 Å². The summed E-state index contributed by atoms with van der Waals surface area (Å²) in [5.74, 6) is 2.08. The molecule has 1 aromatic heterocycles. The van der Waals surface area contributed by atoms with Gasteiger partial charge in [-0.3, -0.25) is 4.84 Å². The van der Waals surface area contributed by atoms with E-state index in [0.717, 1.165) is 44.3 Å². The Balaban J connectivity index is 0.870. The molecular weight excluding hydrogens is 552 g/mol. The van der Waals surface area contributed by atoms with E-state index in [1.165, 1.54) is 27.8 Å². The van der Waals surface area contributed by atoms with Crippen LogP contribution in [0.1, 0.15) is 84.7 Å². The van der Waals surface area contributed by atoms with Gasteiger partial charge < -0.3 is 14.2 Å². The van der Waals surface area contributed by atoms with Gasteiger partial charge in [0.1, 0.15) is 6.61 Å². The number of amides is 1. The summed E-state index contributed by atoms with van der Waals surface area (Å²) in [7, 11) is 2.04. The molecule has 2 fully saturated rings. The van der Waals surface area contributed by atoms with E-state index >= 15 is 0 Å². The van der Waals surface area contributed by atoms with Crippen LogP contribution in [0.3, 0.4) is 0 Å². The summed E-state index contributed by atoms with van der Waals surface area (Å²) in [6.45, 7) is 2.18. The zero-order valence-electron chi connectivity index (χ0n) is 25.3. The fourth-order valence-electron chi connectivity index (χ4n) is 7.13. The smallest absolute Gasteiger partial charge is 0.409 e. The summed E-state index contributed by atoms with van der Waals surface area (Å²) in [4.78, 5) is 25.8. The first-order valence-corrected chi connectivity index (χ1v) is 16.0. The lowest BCUT2D eigenvalue weighted by atomic mass is 9.85. The number of hydrogen-bond donors (Lipinski definition) is 0. The van der Waals surface area contributed by atoms with Gasteiger partial charge in [-0.1, -0.05) is 84.0 Å². The molecule has 0 spiro atoms. The van der Waals surface area contributed by atoms with Crippen LogP contribution in [0.2, 0.25) is 0 Å². The van der Waals surface area contributed by atoms with Gasteiger partial charge in [0, 0.05) is 43.9 Å². The Morgan fingerprint density at radius 1 is 0.841 bits per heavy atom. The molecule has 3 aliphatic rings. The number of benzene rings is 3. The Hall–Kier alpha value is -4.01. The Kier molecular flexibility index (Phi) is 8.44. The van der Waals surface area contributed by atoms with Gasteiger partial charge in [-0.15, -0.1) is 0 Å². The molecule has 1 amide bonds. The first-order chi connectivity index (χ1) is 21.6. The van der Waals surface area contributed by atoms with E-state index in [0.29, 0.717) is 44.2 Å². The second-order valence-electron chi connectivity index (χ2n) is 12.4. The lowest BCUT2D eigenvalue weighted by molar-refractivity contribution is -0.184. The van der Waals surface area contributed by atoms with Crippen LogP contribution in [0.5, 0.6) is 0 Å². The molecule has 1 saturated carbocycles. The predicted molar refractivity (Wildman–Crippen MR) is 167 cm³/mol. The number of carbonyl (C=O) groups excluding carboxylic acids is 1. The number of hydroxylamine groups is 2. The molecule has 2 aliphatic carbocycles. The van der Waals surface area contributed by atoms with E-state index in [2.05, 4.69) is 65.8 Å². The third-order valence-electron chi connectivity index (χ3n) is 9.75. The molecule has 3 aromatic carbocycles. The van der Waals surface area contributed by atoms with E-state index in [9.17, 15) is 4.79 Å². The Bertz CT molecular complexity index is 1510. The maximum Gasteiger partial charge on any atom is 0.409 e. The first kappa shape index (κ1) is 28.7. The molecule has 0 N–H and O–H groups in total. The zero-order valence-corrected chi connectivity index (χ0v) is 25.3. The molecule has 1 aliphatic heterocycles. The largest absolute Gasteiger partial charge is 0.448 e. The molecule has 0 radical (unpaired) electrons. The van der Waals surface area contributed by atoms with Crippen molar-refractivity contribution in [2.75, 3.05) is 26.7 Å². The van der Waals surface area contributed by atoms with Crippen molar-refractivity contribution in [2.45, 2.75) is 68.9 Å². The van der Waals surface area contributed by atoms with Gasteiger partial charge in [0.05, 0.1) is 6.61 Å². The van der Waals surface area contributed by atoms with E-state index in [-0.39, 0.29) is 17.9 Å². The van der Waals surface area contributed by atoms with Crippen molar-refractivity contribution in [3.05, 3.63) is 107 Å². The molecule has 44 heavy (non-hydrogen) atoms. The second kappa shape index (κ2) is 12.9. The molecule has 228 valence electrons. The SMILES string of the molecule is CN(OCc1ccccc1)C1CCC(c2noc(C3CCN(C(=O)OCC4c5ccccc5-c5ccccc54)CC3)n2)CC1. The number of likely N-dealkylation sites (tertiary alicyclic amines) is 1. The number of nitrogens with zero attached hydrogens (tertiary/aromatic N) is 4. The van der Waals surface area contributed by atoms with E-state index in [4.69, 9.17) is 19.1 Å². The number of rotatable bonds is 8. The summed E-state index contributed by atoms with van der Waals surface area (Å²) in [6.07, 6.45) is 5.46. The molecule has 1 saturated heterocycles. The fourth-order valence-corrected chi connectivity index (χ4v) is 7.13. The second-order valence-corrected chi connectivity index (χ2v) is 12.4. The highest BCUT2D eigenvalue weighted by Crippen LogP contribution is 2.44. The van der Waals surface area contributed by atoms with Crippen molar-refractivity contribution >= 4 is 6.09 Å². The monoisotopic (exact) mass is 592 g/mol. The van der Waals surface area contributed by atoms with Gasteiger partial charge in [0.15, 0.2) is 5.82 Å². The van der Waals surface area contributed by atoms with Crippen molar-refractivity contribution in [3.8, 4) is 11.1 Å². The molecule has 8 heteroatoms. The summed E-state index contributed by atoms with van der Waals surface area (Å²) in [5.41, 5.74) is 6.10. The third-order valence-corrected chi connectivity index (χ3v) is 9.75. The lowest BCUT2D eigenvalue weighted by Gasteiger charge is -2.33. The van der Waals surface area contributed by atoms with Crippen molar-refractivity contribution in [2.24, 2.45) is 0 Å². The van der Waals surface area contributed by atoms with Gasteiger partial charge in [-0.25, -0.2) is 4.79 Å². The minimum atomic E-state index is -0.244. The van der Waals surface area contributed by atoms with E-state index < -0.39 is 0 Å². The Morgan fingerprint density at radius 3 is 2.16 bits per heavy atom. The van der Waals surface area contributed by atoms with Crippen LogP contribution in [-0.2, 0) is 16.2 Å². The topological polar surface area (TPSA) is 80.9 Å². The average Bonchev–Trinajstić information content (AvgIpc) is 3.70. The van der Waals surface area contributed by atoms with Gasteiger partial charge in [-0.05, 0) is 66.3 Å². The lowest BCUT2D eigenvalue weighted by Crippen LogP contribution is -2.38. The van der Waals surface area contributed by atoms with E-state index in [1.807, 2.05) is 35.2 Å². The maximum atomic E-state index is 13.1. The average molecular weight is 593 g/mol. The van der Waals surface area contributed by atoms with Crippen LogP contribution in [-0.4, -0.2) is 59.0 Å². The standard InChI is InChI=1S/C36H40N4O4/c1-39(43-23-25-9-3-2-4-10-25)28-17-15-26(16-18-28)34-37-35(44-38-34)27-19-21-40(22-20-27)36(41)42-24-33-31-13-7-5-11-29(31)30-12-6-8-14-32(30)33/h2-14,26-28,33H,15-24H2,1H3. The highest BCUT2D eigenvalue weighted by atomic mass is 16.7. The van der Waals surface area contributed by atoms with Gasteiger partial charge >= 0.3 is 6.09 Å². The minimum Gasteiger partial charge on any atom is -0.448 e. The highest BCUT2D eigenvalue weighted by molar-refractivity contribution is 5.79. The van der Waals surface area contributed by atoms with Gasteiger partial charge in [-0.2, -0.15) is 10.0 Å².